The van der Waals surface area contributed by atoms with Crippen molar-refractivity contribution in [3.63, 3.8) is 0 Å². The highest BCUT2D eigenvalue weighted by atomic mass is 32.1. The average molecular weight is 286 g/mol. The van der Waals surface area contributed by atoms with E-state index in [9.17, 15) is 14.0 Å². The summed E-state index contributed by atoms with van der Waals surface area (Å²) in [5.41, 5.74) is -0.246. The van der Waals surface area contributed by atoms with Crippen LogP contribution in [0.3, 0.4) is 0 Å². The monoisotopic (exact) mass is 286 g/mol. The molecule has 98 valence electrons. The third-order valence-electron chi connectivity index (χ3n) is 3.66. The summed E-state index contributed by atoms with van der Waals surface area (Å²) in [6.07, 6.45) is 1.97. The van der Waals surface area contributed by atoms with Gasteiger partial charge in [0.05, 0.1) is 5.52 Å². The maximum Gasteiger partial charge on any atom is 0.271 e. The normalized spacial score (nSPS) is 15.2. The van der Waals surface area contributed by atoms with Crippen LogP contribution >= 0.6 is 11.5 Å². The first-order valence-corrected chi connectivity index (χ1v) is 7.04. The molecule has 0 aliphatic heterocycles. The average Bonchev–Trinajstić information content (AvgIpc) is 3.16. The van der Waals surface area contributed by atoms with E-state index in [1.165, 1.54) is 6.07 Å². The van der Waals surface area contributed by atoms with Crippen LogP contribution in [-0.2, 0) is 0 Å². The summed E-state index contributed by atoms with van der Waals surface area (Å²) in [7, 11) is 5.62. The van der Waals surface area contributed by atoms with Crippen molar-refractivity contribution < 1.29 is 4.39 Å². The number of aromatic nitrogens is 2. The molecule has 0 spiro atoms. The largest absolute Gasteiger partial charge is 0.328 e. The zero-order chi connectivity index (χ0) is 14.0. The Balaban J connectivity index is 2.34. The van der Waals surface area contributed by atoms with E-state index in [0.29, 0.717) is 10.3 Å². The van der Waals surface area contributed by atoms with E-state index in [-0.39, 0.29) is 22.3 Å². The maximum atomic E-state index is 13.6. The number of fused-ring (bicyclic) bond motifs is 2. The van der Waals surface area contributed by atoms with Crippen molar-refractivity contribution >= 4 is 46.0 Å². The smallest absolute Gasteiger partial charge is 0.271 e. The molecule has 3 aromatic rings. The Morgan fingerprint density at radius 1 is 1.35 bits per heavy atom. The molecule has 1 N–H and O–H groups in total. The van der Waals surface area contributed by atoms with E-state index in [1.807, 2.05) is 4.57 Å². The minimum absolute atomic E-state index is 0.00790. The molecule has 2 heterocycles. The van der Waals surface area contributed by atoms with Crippen molar-refractivity contribution in [3.05, 3.63) is 38.5 Å². The van der Waals surface area contributed by atoms with Crippen LogP contribution in [0.25, 0.3) is 21.1 Å². The summed E-state index contributed by atoms with van der Waals surface area (Å²) in [5, 5.41) is 0.318. The van der Waals surface area contributed by atoms with Crippen LogP contribution in [0.4, 0.5) is 4.39 Å². The highest BCUT2D eigenvalue weighted by Crippen LogP contribution is 2.39. The lowest BCUT2D eigenvalue weighted by molar-refractivity contribution is 0.637. The van der Waals surface area contributed by atoms with Gasteiger partial charge in [-0.15, -0.1) is 0 Å². The molecule has 7 heteroatoms. The number of nitrogens with one attached hydrogen (secondary N) is 1. The fourth-order valence-corrected chi connectivity index (χ4v) is 3.49. The van der Waals surface area contributed by atoms with Crippen LogP contribution in [0.2, 0.25) is 0 Å². The Morgan fingerprint density at radius 3 is 2.80 bits per heavy atom. The summed E-state index contributed by atoms with van der Waals surface area (Å²) in [5.74, 6) is -0.636. The van der Waals surface area contributed by atoms with Crippen LogP contribution in [0.5, 0.6) is 0 Å². The van der Waals surface area contributed by atoms with Gasteiger partial charge in [-0.2, -0.15) is 0 Å². The van der Waals surface area contributed by atoms with Gasteiger partial charge < -0.3 is 4.57 Å². The standard InChI is InChI=1S/C13H8BFN2O2S/c14-7-4-9-6(3-8(7)15)11(18)10-12(19)16-20-13(10)17(9)5-1-2-5/h3-5H,1-2H2,(H,16,19). The molecular formula is C13H8BFN2O2S. The number of hydrogen-bond acceptors (Lipinski definition) is 3. The molecule has 2 aromatic heterocycles. The molecular weight excluding hydrogens is 278 g/mol. The Kier molecular flexibility index (Phi) is 2.27. The summed E-state index contributed by atoms with van der Waals surface area (Å²) in [6, 6.07) is 2.85. The van der Waals surface area contributed by atoms with Gasteiger partial charge >= 0.3 is 0 Å². The van der Waals surface area contributed by atoms with E-state index < -0.39 is 16.8 Å². The second-order valence-electron chi connectivity index (χ2n) is 5.03. The summed E-state index contributed by atoms with van der Waals surface area (Å²) >= 11 is 1.14. The third kappa shape index (κ3) is 1.47. The maximum absolute atomic E-state index is 13.6. The van der Waals surface area contributed by atoms with E-state index in [1.54, 1.807) is 0 Å². The molecule has 1 aliphatic rings. The number of nitrogens with zero attached hydrogens (tertiary/aromatic N) is 1. The van der Waals surface area contributed by atoms with Gasteiger partial charge in [0.25, 0.3) is 5.56 Å². The highest BCUT2D eigenvalue weighted by molar-refractivity contribution is 7.12. The van der Waals surface area contributed by atoms with Crippen LogP contribution < -0.4 is 16.5 Å². The number of hydrogen-bond donors (Lipinski definition) is 1. The van der Waals surface area contributed by atoms with E-state index in [0.717, 1.165) is 30.4 Å². The first-order chi connectivity index (χ1) is 9.58. The molecule has 20 heavy (non-hydrogen) atoms. The van der Waals surface area contributed by atoms with Crippen molar-refractivity contribution in [2.24, 2.45) is 0 Å². The van der Waals surface area contributed by atoms with Gasteiger partial charge in [0.1, 0.15) is 23.9 Å². The van der Waals surface area contributed by atoms with Crippen LogP contribution in [0, 0.1) is 5.82 Å². The van der Waals surface area contributed by atoms with Gasteiger partial charge in [-0.05, 0) is 36.5 Å². The van der Waals surface area contributed by atoms with Crippen molar-refractivity contribution in [3.8, 4) is 0 Å². The molecule has 0 bridgehead atoms. The number of pyridine rings is 1. The molecule has 2 radical (unpaired) electrons. The molecule has 0 atom stereocenters. The molecule has 0 saturated heterocycles. The fourth-order valence-electron chi connectivity index (χ4n) is 2.56. The van der Waals surface area contributed by atoms with E-state index in [2.05, 4.69) is 4.37 Å². The van der Waals surface area contributed by atoms with Crippen molar-refractivity contribution in [1.82, 2.24) is 8.94 Å². The Hall–Kier alpha value is -1.89. The zero-order valence-electron chi connectivity index (χ0n) is 10.3. The van der Waals surface area contributed by atoms with Crippen molar-refractivity contribution in [2.75, 3.05) is 0 Å². The minimum atomic E-state index is -0.636. The minimum Gasteiger partial charge on any atom is -0.328 e. The molecule has 1 aromatic carbocycles. The number of aromatic amines is 1. The Bertz CT molecular complexity index is 984. The second kappa shape index (κ2) is 3.82. The first-order valence-electron chi connectivity index (χ1n) is 6.22. The van der Waals surface area contributed by atoms with Crippen LogP contribution in [-0.4, -0.2) is 16.8 Å². The van der Waals surface area contributed by atoms with Crippen molar-refractivity contribution in [2.45, 2.75) is 18.9 Å². The number of benzene rings is 1. The molecule has 1 aliphatic carbocycles. The Labute approximate surface area is 117 Å². The van der Waals surface area contributed by atoms with Gasteiger partial charge in [-0.1, -0.05) is 5.46 Å². The van der Waals surface area contributed by atoms with E-state index in [4.69, 9.17) is 7.85 Å². The van der Waals surface area contributed by atoms with Gasteiger partial charge in [-0.3, -0.25) is 14.0 Å². The van der Waals surface area contributed by atoms with Crippen molar-refractivity contribution in [1.29, 1.82) is 0 Å². The third-order valence-corrected chi connectivity index (χ3v) is 4.54. The lowest BCUT2D eigenvalue weighted by atomic mass is 9.94. The summed E-state index contributed by atoms with van der Waals surface area (Å²) < 4.78 is 18.2. The molecule has 4 nitrogen and oxygen atoms in total. The zero-order valence-corrected chi connectivity index (χ0v) is 11.1. The van der Waals surface area contributed by atoms with Gasteiger partial charge in [-0.25, -0.2) is 4.39 Å². The first kappa shape index (κ1) is 11.9. The number of H-pyrrole nitrogens is 1. The van der Waals surface area contributed by atoms with Gasteiger partial charge in [0, 0.05) is 11.4 Å². The van der Waals surface area contributed by atoms with Gasteiger partial charge in [0.2, 0.25) is 5.43 Å². The van der Waals surface area contributed by atoms with E-state index >= 15 is 0 Å². The Morgan fingerprint density at radius 2 is 2.10 bits per heavy atom. The summed E-state index contributed by atoms with van der Waals surface area (Å²) in [6.45, 7) is 0. The lowest BCUT2D eigenvalue weighted by Crippen LogP contribution is -2.18. The predicted octanol–water partition coefficient (Wildman–Crippen LogP) is 1.17. The van der Waals surface area contributed by atoms with Crippen LogP contribution in [0.1, 0.15) is 18.9 Å². The molecule has 1 saturated carbocycles. The number of halogens is 1. The second-order valence-corrected chi connectivity index (χ2v) is 5.83. The van der Waals surface area contributed by atoms with Crippen LogP contribution in [0.15, 0.2) is 21.7 Å². The molecule has 1 fully saturated rings. The number of rotatable bonds is 1. The quantitative estimate of drug-likeness (QED) is 0.683. The summed E-state index contributed by atoms with van der Waals surface area (Å²) in [4.78, 5) is 24.8. The van der Waals surface area contributed by atoms with Gasteiger partial charge in [0.15, 0.2) is 0 Å². The molecule has 0 amide bonds. The topological polar surface area (TPSA) is 54.9 Å². The predicted molar refractivity (Wildman–Crippen MR) is 77.8 cm³/mol. The molecule has 0 unspecified atom stereocenters. The highest BCUT2D eigenvalue weighted by Gasteiger charge is 2.28. The SMILES string of the molecule is [B]c1cc2c(cc1F)c(=O)c1c(=O)[nH]sc1n2C1CC1. The lowest BCUT2D eigenvalue weighted by Gasteiger charge is -2.12. The molecule has 4 rings (SSSR count). The fraction of sp³-hybridized carbons (Fsp3) is 0.231.